The molecule has 0 atom stereocenters. The van der Waals surface area contributed by atoms with Gasteiger partial charge in [0.2, 0.25) is 6.41 Å². The van der Waals surface area contributed by atoms with Gasteiger partial charge in [-0.1, -0.05) is 46.9 Å². The smallest absolute Gasteiger partial charge is 0.417 e. The number of halogens is 6. The Balaban J connectivity index is 1.91. The van der Waals surface area contributed by atoms with E-state index >= 15 is 0 Å². The predicted octanol–water partition coefficient (Wildman–Crippen LogP) is 5.21. The fourth-order valence-corrected chi connectivity index (χ4v) is 4.47. The number of carbonyl (C=O) groups is 4. The first-order valence-electron chi connectivity index (χ1n) is 10.5. The topological polar surface area (TPSA) is 107 Å². The number of aliphatic carboxylic acids is 1. The van der Waals surface area contributed by atoms with Crippen LogP contribution in [-0.4, -0.2) is 54.6 Å². The normalized spacial score (nSPS) is 13.8. The lowest BCUT2D eigenvalue weighted by Crippen LogP contribution is -2.34. The van der Waals surface area contributed by atoms with Gasteiger partial charge in [0.25, 0.3) is 5.91 Å². The number of cyclic esters (lactones) is 1. The van der Waals surface area contributed by atoms with Gasteiger partial charge < -0.3 is 14.7 Å². The van der Waals surface area contributed by atoms with Gasteiger partial charge in [0.05, 0.1) is 39.4 Å². The molecule has 1 heterocycles. The van der Waals surface area contributed by atoms with E-state index in [9.17, 15) is 37.5 Å². The third kappa shape index (κ3) is 6.14. The molecule has 1 aliphatic heterocycles. The van der Waals surface area contributed by atoms with Crippen molar-refractivity contribution in [3.63, 3.8) is 0 Å². The van der Waals surface area contributed by atoms with Crippen LogP contribution in [0, 0.1) is 0 Å². The second-order valence-corrected chi connectivity index (χ2v) is 8.99. The van der Waals surface area contributed by atoms with Crippen LogP contribution in [0.3, 0.4) is 0 Å². The molecule has 0 spiro atoms. The molecular formula is C23H17Cl3F3N3O6. The molecule has 0 aliphatic carbocycles. The summed E-state index contributed by atoms with van der Waals surface area (Å²) >= 11 is 18.4. The fraction of sp³-hybridized carbons (Fsp3) is 0.217. The number of hydrogen-bond acceptors (Lipinski definition) is 6. The molecule has 3 amide bonds. The molecule has 3 rings (SSSR count). The van der Waals surface area contributed by atoms with Gasteiger partial charge in [-0.05, 0) is 23.8 Å². The Morgan fingerprint density at radius 1 is 1.18 bits per heavy atom. The average Bonchev–Trinajstić information content (AvgIpc) is 3.25. The summed E-state index contributed by atoms with van der Waals surface area (Å²) in [6.07, 6.45) is -4.58. The quantitative estimate of drug-likeness (QED) is 0.193. The number of anilines is 2. The number of nitrogens with zero attached hydrogens (tertiary/aromatic N) is 3. The number of rotatable bonds is 8. The predicted molar refractivity (Wildman–Crippen MR) is 132 cm³/mol. The standard InChI is InChI=1S/C23H17Cl3F3N3O6/c1-30(13-7-16(24)19(17(25)8-13)32-5-6-38-22(32)37)10-14(21(35)36)20(34)31(11-33)9-12-3-2-4-15(18(12)26)23(27,28)29/h2-4,7-8,10-11H,5-6,9H2,1H3,(H,35,36)/b14-10+. The third-order valence-corrected chi connectivity index (χ3v) is 6.36. The molecule has 0 aromatic heterocycles. The maximum absolute atomic E-state index is 13.2. The van der Waals surface area contributed by atoms with Crippen molar-refractivity contribution in [3.05, 3.63) is 68.3 Å². The number of hydrogen-bond donors (Lipinski definition) is 1. The number of amides is 3. The average molecular weight is 595 g/mol. The van der Waals surface area contributed by atoms with Crippen molar-refractivity contribution >= 4 is 70.6 Å². The Bertz CT molecular complexity index is 1310. The molecule has 0 saturated carbocycles. The van der Waals surface area contributed by atoms with Crippen molar-refractivity contribution in [3.8, 4) is 0 Å². The van der Waals surface area contributed by atoms with Crippen molar-refractivity contribution in [2.75, 3.05) is 30.0 Å². The highest BCUT2D eigenvalue weighted by Gasteiger charge is 2.34. The summed E-state index contributed by atoms with van der Waals surface area (Å²) in [5.74, 6) is -3.04. The summed E-state index contributed by atoms with van der Waals surface area (Å²) < 4.78 is 44.4. The third-order valence-electron chi connectivity index (χ3n) is 5.34. The van der Waals surface area contributed by atoms with Crippen molar-refractivity contribution in [1.29, 1.82) is 0 Å². The zero-order chi connectivity index (χ0) is 28.4. The van der Waals surface area contributed by atoms with Gasteiger partial charge in [0.15, 0.2) is 0 Å². The first-order valence-corrected chi connectivity index (χ1v) is 11.6. The van der Waals surface area contributed by atoms with E-state index in [-0.39, 0.29) is 46.5 Å². The van der Waals surface area contributed by atoms with Crippen LogP contribution in [0.25, 0.3) is 0 Å². The lowest BCUT2D eigenvalue weighted by Gasteiger charge is -2.22. The molecular weight excluding hydrogens is 578 g/mol. The van der Waals surface area contributed by atoms with Crippen LogP contribution in [0.4, 0.5) is 29.3 Å². The summed E-state index contributed by atoms with van der Waals surface area (Å²) in [4.78, 5) is 51.1. The van der Waals surface area contributed by atoms with Crippen LogP contribution in [0.15, 0.2) is 42.1 Å². The zero-order valence-corrected chi connectivity index (χ0v) is 21.5. The highest BCUT2D eigenvalue weighted by Crippen LogP contribution is 2.39. The summed E-state index contributed by atoms with van der Waals surface area (Å²) in [5.41, 5.74) is -1.92. The molecule has 1 N–H and O–H groups in total. The van der Waals surface area contributed by atoms with Crippen molar-refractivity contribution < 1.29 is 42.2 Å². The second kappa shape index (κ2) is 11.5. The molecule has 15 heteroatoms. The zero-order valence-electron chi connectivity index (χ0n) is 19.3. The van der Waals surface area contributed by atoms with Crippen LogP contribution < -0.4 is 9.80 Å². The molecule has 2 aromatic rings. The van der Waals surface area contributed by atoms with Gasteiger partial charge in [0.1, 0.15) is 12.2 Å². The van der Waals surface area contributed by atoms with Gasteiger partial charge in [-0.15, -0.1) is 0 Å². The SMILES string of the molecule is CN(/C=C(/C(=O)O)C(=O)N(C=O)Cc1cccc(C(F)(F)F)c1Cl)c1cc(Cl)c(N2CCOC2=O)c(Cl)c1. The van der Waals surface area contributed by atoms with Gasteiger partial charge in [-0.3, -0.25) is 19.4 Å². The molecule has 2 aromatic carbocycles. The molecule has 38 heavy (non-hydrogen) atoms. The number of carbonyl (C=O) groups excluding carboxylic acids is 3. The molecule has 1 aliphatic rings. The Kier molecular flexibility index (Phi) is 8.80. The van der Waals surface area contributed by atoms with E-state index in [0.717, 1.165) is 18.3 Å². The van der Waals surface area contributed by atoms with Gasteiger partial charge in [0, 0.05) is 18.9 Å². The number of carboxylic acids is 1. The summed E-state index contributed by atoms with van der Waals surface area (Å²) in [5, 5.41) is 8.97. The van der Waals surface area contributed by atoms with Gasteiger partial charge in [-0.25, -0.2) is 9.59 Å². The lowest BCUT2D eigenvalue weighted by molar-refractivity contribution is -0.140. The van der Waals surface area contributed by atoms with Crippen molar-refractivity contribution in [2.24, 2.45) is 0 Å². The van der Waals surface area contributed by atoms with Crippen LogP contribution in [0.1, 0.15) is 11.1 Å². The van der Waals surface area contributed by atoms with E-state index in [2.05, 4.69) is 0 Å². The molecule has 1 fully saturated rings. The Labute approximate surface area is 228 Å². The number of benzene rings is 2. The summed E-state index contributed by atoms with van der Waals surface area (Å²) in [6.45, 7) is -0.376. The van der Waals surface area contributed by atoms with Crippen LogP contribution in [0.5, 0.6) is 0 Å². The van der Waals surface area contributed by atoms with E-state index in [1.54, 1.807) is 0 Å². The second-order valence-electron chi connectivity index (χ2n) is 7.80. The number of ether oxygens (including phenoxy) is 1. The van der Waals surface area contributed by atoms with Crippen molar-refractivity contribution in [1.82, 2.24) is 4.90 Å². The highest BCUT2D eigenvalue weighted by molar-refractivity contribution is 6.40. The van der Waals surface area contributed by atoms with Crippen LogP contribution in [-0.2, 0) is 31.8 Å². The van der Waals surface area contributed by atoms with E-state index < -0.39 is 46.8 Å². The van der Waals surface area contributed by atoms with E-state index in [1.807, 2.05) is 0 Å². The maximum Gasteiger partial charge on any atom is 0.417 e. The molecule has 1 saturated heterocycles. The monoisotopic (exact) mass is 593 g/mol. The summed E-state index contributed by atoms with van der Waals surface area (Å²) in [7, 11) is 1.36. The lowest BCUT2D eigenvalue weighted by atomic mass is 10.1. The number of alkyl halides is 3. The first kappa shape index (κ1) is 29.1. The molecule has 0 bridgehead atoms. The summed E-state index contributed by atoms with van der Waals surface area (Å²) in [6, 6.07) is 5.64. The Morgan fingerprint density at radius 2 is 1.82 bits per heavy atom. The molecule has 0 radical (unpaired) electrons. The minimum Gasteiger partial charge on any atom is -0.477 e. The van der Waals surface area contributed by atoms with Gasteiger partial charge in [-0.2, -0.15) is 13.2 Å². The Morgan fingerprint density at radius 3 is 2.32 bits per heavy atom. The van der Waals surface area contributed by atoms with E-state index in [0.29, 0.717) is 4.90 Å². The minimum absolute atomic E-state index is 0.0205. The number of carboxylic acid groups (broad SMARTS) is 1. The van der Waals surface area contributed by atoms with Crippen LogP contribution in [0.2, 0.25) is 15.1 Å². The molecule has 0 unspecified atom stereocenters. The fourth-order valence-electron chi connectivity index (χ4n) is 3.50. The van der Waals surface area contributed by atoms with Gasteiger partial charge >= 0.3 is 18.2 Å². The minimum atomic E-state index is -4.79. The largest absolute Gasteiger partial charge is 0.477 e. The molecule has 9 nitrogen and oxygen atoms in total. The number of imide groups is 1. The van der Waals surface area contributed by atoms with Crippen LogP contribution >= 0.6 is 34.8 Å². The highest BCUT2D eigenvalue weighted by atomic mass is 35.5. The first-order chi connectivity index (χ1) is 17.8. The van der Waals surface area contributed by atoms with E-state index in [4.69, 9.17) is 39.5 Å². The molecule has 202 valence electrons. The Hall–Kier alpha value is -3.48. The maximum atomic E-state index is 13.2. The van der Waals surface area contributed by atoms with Crippen molar-refractivity contribution in [2.45, 2.75) is 12.7 Å². The van der Waals surface area contributed by atoms with E-state index in [1.165, 1.54) is 35.0 Å².